The average Bonchev–Trinajstić information content (AvgIpc) is 2.71. The Morgan fingerprint density at radius 1 is 1.14 bits per heavy atom. The highest BCUT2D eigenvalue weighted by atomic mass is 16.5. The largest absolute Gasteiger partial charge is 0.497 e. The van der Waals surface area contributed by atoms with Crippen LogP contribution in [0.3, 0.4) is 0 Å². The first-order chi connectivity index (χ1) is 13.5. The van der Waals surface area contributed by atoms with Crippen molar-refractivity contribution in [2.24, 2.45) is 0 Å². The summed E-state index contributed by atoms with van der Waals surface area (Å²) >= 11 is 0. The molecule has 2 aromatic rings. The summed E-state index contributed by atoms with van der Waals surface area (Å²) in [5.41, 5.74) is 1.52. The number of carbonyl (C=O) groups is 2. The molecule has 1 aliphatic heterocycles. The van der Waals surface area contributed by atoms with Gasteiger partial charge in [-0.15, -0.1) is 0 Å². The summed E-state index contributed by atoms with van der Waals surface area (Å²) in [7, 11) is 3.08. The van der Waals surface area contributed by atoms with Crippen LogP contribution in [0, 0.1) is 0 Å². The van der Waals surface area contributed by atoms with E-state index in [1.54, 1.807) is 18.2 Å². The highest BCUT2D eigenvalue weighted by Crippen LogP contribution is 2.35. The van der Waals surface area contributed by atoms with Gasteiger partial charge in [0, 0.05) is 18.2 Å². The van der Waals surface area contributed by atoms with Crippen molar-refractivity contribution in [2.45, 2.75) is 18.9 Å². The van der Waals surface area contributed by atoms with Crippen LogP contribution in [-0.4, -0.2) is 49.3 Å². The molecular formula is C21H23NO6. The summed E-state index contributed by atoms with van der Waals surface area (Å²) in [5.74, 6) is 0.0905. The number of fused-ring (bicyclic) bond motifs is 1. The fraction of sp³-hybridized carbons (Fsp3) is 0.333. The molecule has 1 heterocycles. The Bertz CT molecular complexity index is 843. The molecule has 3 rings (SSSR count). The van der Waals surface area contributed by atoms with E-state index in [1.165, 1.54) is 19.1 Å². The minimum Gasteiger partial charge on any atom is -0.497 e. The van der Waals surface area contributed by atoms with Crippen molar-refractivity contribution < 1.29 is 28.9 Å². The van der Waals surface area contributed by atoms with Gasteiger partial charge < -0.3 is 24.2 Å². The third-order valence-corrected chi connectivity index (χ3v) is 4.68. The number of rotatable bonds is 7. The van der Waals surface area contributed by atoms with Gasteiger partial charge in [-0.2, -0.15) is 0 Å². The molecule has 1 unspecified atom stereocenters. The molecule has 7 nitrogen and oxygen atoms in total. The monoisotopic (exact) mass is 385 g/mol. The molecule has 0 bridgehead atoms. The molecule has 2 aromatic carbocycles. The number of carboxylic acid groups (broad SMARTS) is 1. The standard InChI is InChI=1S/C21H23NO6/c1-26-15-9-14(10-16(11-15)27-2)12-22(13-20(23)24)21(25)18-7-8-28-19-6-4-3-5-17(18)19/h3-6,9-11,18H,7-8,12-13H2,1-2H3,(H,23,24). The van der Waals surface area contributed by atoms with Crippen LogP contribution < -0.4 is 14.2 Å². The van der Waals surface area contributed by atoms with E-state index >= 15 is 0 Å². The number of nitrogens with zero attached hydrogens (tertiary/aromatic N) is 1. The predicted molar refractivity (Wildman–Crippen MR) is 102 cm³/mol. The van der Waals surface area contributed by atoms with E-state index < -0.39 is 18.4 Å². The summed E-state index contributed by atoms with van der Waals surface area (Å²) in [4.78, 5) is 26.0. The van der Waals surface area contributed by atoms with Gasteiger partial charge in [0.05, 0.1) is 26.7 Å². The highest BCUT2D eigenvalue weighted by Gasteiger charge is 2.32. The van der Waals surface area contributed by atoms with Gasteiger partial charge >= 0.3 is 5.97 Å². The molecule has 0 saturated carbocycles. The van der Waals surface area contributed by atoms with E-state index in [4.69, 9.17) is 14.2 Å². The van der Waals surface area contributed by atoms with Crippen molar-refractivity contribution in [2.75, 3.05) is 27.4 Å². The average molecular weight is 385 g/mol. The molecule has 7 heteroatoms. The Morgan fingerprint density at radius 3 is 2.46 bits per heavy atom. The SMILES string of the molecule is COc1cc(CN(CC(=O)O)C(=O)C2CCOc3ccccc32)cc(OC)c1. The van der Waals surface area contributed by atoms with E-state index in [-0.39, 0.29) is 12.5 Å². The minimum absolute atomic E-state index is 0.137. The van der Waals surface area contributed by atoms with Crippen LogP contribution in [0.2, 0.25) is 0 Å². The summed E-state index contributed by atoms with van der Waals surface area (Å²) < 4.78 is 16.2. The van der Waals surface area contributed by atoms with Gasteiger partial charge in [0.2, 0.25) is 5.91 Å². The first-order valence-electron chi connectivity index (χ1n) is 8.96. The van der Waals surface area contributed by atoms with Gasteiger partial charge in [0.25, 0.3) is 0 Å². The Labute approximate surface area is 163 Å². The smallest absolute Gasteiger partial charge is 0.323 e. The van der Waals surface area contributed by atoms with Gasteiger partial charge in [-0.05, 0) is 30.2 Å². The van der Waals surface area contributed by atoms with Crippen LogP contribution in [-0.2, 0) is 16.1 Å². The number of hydrogen-bond donors (Lipinski definition) is 1. The van der Waals surface area contributed by atoms with Crippen LogP contribution in [0.4, 0.5) is 0 Å². The molecule has 1 atom stereocenters. The molecule has 148 valence electrons. The first-order valence-corrected chi connectivity index (χ1v) is 8.96. The Morgan fingerprint density at radius 2 is 1.82 bits per heavy atom. The van der Waals surface area contributed by atoms with Gasteiger partial charge in [-0.3, -0.25) is 9.59 Å². The number of carboxylic acids is 1. The number of carbonyl (C=O) groups excluding carboxylic acids is 1. The molecule has 0 saturated heterocycles. The van der Waals surface area contributed by atoms with Crippen molar-refractivity contribution in [3.63, 3.8) is 0 Å². The number of ether oxygens (including phenoxy) is 3. The molecular weight excluding hydrogens is 362 g/mol. The van der Waals surface area contributed by atoms with Gasteiger partial charge in [0.15, 0.2) is 0 Å². The van der Waals surface area contributed by atoms with Crippen LogP contribution in [0.25, 0.3) is 0 Å². The van der Waals surface area contributed by atoms with Crippen molar-refractivity contribution in [1.29, 1.82) is 0 Å². The summed E-state index contributed by atoms with van der Waals surface area (Å²) in [6.45, 7) is 0.164. The second kappa shape index (κ2) is 8.65. The number of benzene rings is 2. The molecule has 0 fully saturated rings. The zero-order chi connectivity index (χ0) is 20.1. The first kappa shape index (κ1) is 19.5. The molecule has 0 aromatic heterocycles. The maximum Gasteiger partial charge on any atom is 0.323 e. The van der Waals surface area contributed by atoms with Crippen LogP contribution in [0.15, 0.2) is 42.5 Å². The second-order valence-corrected chi connectivity index (χ2v) is 6.54. The fourth-order valence-corrected chi connectivity index (χ4v) is 3.37. The van der Waals surface area contributed by atoms with Gasteiger partial charge in [-0.1, -0.05) is 18.2 Å². The maximum absolute atomic E-state index is 13.3. The van der Waals surface area contributed by atoms with Crippen LogP contribution in [0.1, 0.15) is 23.5 Å². The topological polar surface area (TPSA) is 85.3 Å². The predicted octanol–water partition coefficient (Wildman–Crippen LogP) is 2.68. The van der Waals surface area contributed by atoms with E-state index in [9.17, 15) is 14.7 Å². The molecule has 0 radical (unpaired) electrons. The molecule has 28 heavy (non-hydrogen) atoms. The van der Waals surface area contributed by atoms with Gasteiger partial charge in [0.1, 0.15) is 23.8 Å². The lowest BCUT2D eigenvalue weighted by atomic mass is 9.91. The third-order valence-electron chi connectivity index (χ3n) is 4.68. The zero-order valence-electron chi connectivity index (χ0n) is 15.9. The summed E-state index contributed by atoms with van der Waals surface area (Å²) in [6, 6.07) is 12.6. The lowest BCUT2D eigenvalue weighted by molar-refractivity contribution is -0.145. The molecule has 0 spiro atoms. The van der Waals surface area contributed by atoms with Crippen molar-refractivity contribution in [3.8, 4) is 17.2 Å². The normalized spacial score (nSPS) is 15.1. The van der Waals surface area contributed by atoms with Crippen molar-refractivity contribution in [1.82, 2.24) is 4.90 Å². The van der Waals surface area contributed by atoms with E-state index in [0.29, 0.717) is 30.3 Å². The lowest BCUT2D eigenvalue weighted by Crippen LogP contribution is -2.39. The highest BCUT2D eigenvalue weighted by molar-refractivity contribution is 5.87. The van der Waals surface area contributed by atoms with E-state index in [0.717, 1.165) is 11.1 Å². The van der Waals surface area contributed by atoms with E-state index in [1.807, 2.05) is 24.3 Å². The van der Waals surface area contributed by atoms with Crippen molar-refractivity contribution in [3.05, 3.63) is 53.6 Å². The number of amides is 1. The number of para-hydroxylation sites is 1. The molecule has 1 amide bonds. The minimum atomic E-state index is -1.07. The second-order valence-electron chi connectivity index (χ2n) is 6.54. The fourth-order valence-electron chi connectivity index (χ4n) is 3.37. The quantitative estimate of drug-likeness (QED) is 0.789. The van der Waals surface area contributed by atoms with Gasteiger partial charge in [-0.25, -0.2) is 0 Å². The Hall–Kier alpha value is -3.22. The molecule has 1 N–H and O–H groups in total. The third kappa shape index (κ3) is 4.36. The number of methoxy groups -OCH3 is 2. The summed E-state index contributed by atoms with van der Waals surface area (Å²) in [5, 5.41) is 9.34. The Kier molecular flexibility index (Phi) is 6.03. The van der Waals surface area contributed by atoms with Crippen molar-refractivity contribution >= 4 is 11.9 Å². The molecule has 0 aliphatic carbocycles. The maximum atomic E-state index is 13.3. The lowest BCUT2D eigenvalue weighted by Gasteiger charge is -2.30. The van der Waals surface area contributed by atoms with Crippen LogP contribution in [0.5, 0.6) is 17.2 Å². The Balaban J connectivity index is 1.89. The summed E-state index contributed by atoms with van der Waals surface area (Å²) in [6.07, 6.45) is 0.507. The molecule has 1 aliphatic rings. The van der Waals surface area contributed by atoms with E-state index in [2.05, 4.69) is 0 Å². The number of aliphatic carboxylic acids is 1. The number of hydrogen-bond acceptors (Lipinski definition) is 5. The zero-order valence-corrected chi connectivity index (χ0v) is 15.9. The van der Waals surface area contributed by atoms with Crippen LogP contribution >= 0.6 is 0 Å².